The number of ether oxygens (including phenoxy) is 1. The van der Waals surface area contributed by atoms with Gasteiger partial charge in [0.25, 0.3) is 0 Å². The quantitative estimate of drug-likeness (QED) is 0.855. The average molecular weight is 373 g/mol. The minimum absolute atomic E-state index is 0.140. The fourth-order valence-electron chi connectivity index (χ4n) is 2.63. The summed E-state index contributed by atoms with van der Waals surface area (Å²) in [5.41, 5.74) is -1.21. The number of rotatable bonds is 5. The lowest BCUT2D eigenvalue weighted by Gasteiger charge is -2.32. The van der Waals surface area contributed by atoms with Crippen molar-refractivity contribution in [1.29, 1.82) is 0 Å². The number of hydrogen-bond acceptors (Lipinski definition) is 4. The summed E-state index contributed by atoms with van der Waals surface area (Å²) in [6, 6.07) is 4.21. The van der Waals surface area contributed by atoms with Crippen molar-refractivity contribution in [2.75, 3.05) is 45.2 Å². The van der Waals surface area contributed by atoms with Crippen LogP contribution in [-0.2, 0) is 20.5 Å². The summed E-state index contributed by atoms with van der Waals surface area (Å²) in [6.45, 7) is 3.37. The molecule has 1 saturated heterocycles. The second kappa shape index (κ2) is 8.50. The van der Waals surface area contributed by atoms with Gasteiger partial charge in [0.1, 0.15) is 0 Å². The molecule has 1 heterocycles. The van der Waals surface area contributed by atoms with Crippen LogP contribution in [0, 0.1) is 0 Å². The van der Waals surface area contributed by atoms with E-state index < -0.39 is 23.7 Å². The summed E-state index contributed by atoms with van der Waals surface area (Å²) in [7, 11) is 1.58. The van der Waals surface area contributed by atoms with E-state index in [-0.39, 0.29) is 18.1 Å². The van der Waals surface area contributed by atoms with Crippen molar-refractivity contribution >= 4 is 17.5 Å². The number of hydrogen-bond donors (Lipinski definition) is 1. The van der Waals surface area contributed by atoms with Crippen molar-refractivity contribution in [3.8, 4) is 0 Å². The lowest BCUT2D eigenvalue weighted by atomic mass is 10.1. The van der Waals surface area contributed by atoms with Crippen LogP contribution in [0.15, 0.2) is 24.3 Å². The molecule has 9 heteroatoms. The molecule has 0 saturated carbocycles. The lowest BCUT2D eigenvalue weighted by molar-refractivity contribution is -0.140. The molecule has 0 aliphatic carbocycles. The van der Waals surface area contributed by atoms with Gasteiger partial charge in [-0.2, -0.15) is 13.2 Å². The van der Waals surface area contributed by atoms with Crippen molar-refractivity contribution < 1.29 is 27.5 Å². The van der Waals surface area contributed by atoms with Crippen LogP contribution in [0.1, 0.15) is 12.5 Å². The third-order valence-electron chi connectivity index (χ3n) is 4.24. The molecule has 0 bridgehead atoms. The molecular weight excluding hydrogens is 351 g/mol. The molecule has 1 aromatic carbocycles. The predicted octanol–water partition coefficient (Wildman–Crippen LogP) is 1.82. The number of carbonyl (C=O) groups excluding carboxylic acids is 2. The maximum Gasteiger partial charge on any atom is 0.418 e. The van der Waals surface area contributed by atoms with Crippen molar-refractivity contribution in [3.63, 3.8) is 0 Å². The number of carbonyl (C=O) groups is 2. The van der Waals surface area contributed by atoms with Gasteiger partial charge in [-0.3, -0.25) is 14.5 Å². The van der Waals surface area contributed by atoms with Crippen molar-refractivity contribution in [1.82, 2.24) is 9.80 Å². The van der Waals surface area contributed by atoms with Gasteiger partial charge in [0.05, 0.1) is 37.1 Å². The zero-order valence-electron chi connectivity index (χ0n) is 14.7. The third-order valence-corrected chi connectivity index (χ3v) is 4.24. The fraction of sp³-hybridized carbons (Fsp3) is 0.529. The molecule has 0 radical (unpaired) electrons. The van der Waals surface area contributed by atoms with Crippen LogP contribution in [0.2, 0.25) is 0 Å². The number of alkyl halides is 3. The van der Waals surface area contributed by atoms with Crippen LogP contribution >= 0.6 is 0 Å². The number of halogens is 3. The first-order chi connectivity index (χ1) is 12.2. The minimum atomic E-state index is -4.56. The van der Waals surface area contributed by atoms with Crippen molar-refractivity contribution in [2.45, 2.75) is 19.1 Å². The minimum Gasteiger partial charge on any atom is -0.378 e. The van der Waals surface area contributed by atoms with Crippen LogP contribution in [0.5, 0.6) is 0 Å². The standard InChI is InChI=1S/C17H22F3N3O3/c1-12(16(25)23-7-9-26-10-8-23)22(2)11-15(24)21-14-6-4-3-5-13(14)17(18,19)20/h3-6,12H,7-11H2,1-2H3,(H,21,24). The zero-order valence-corrected chi connectivity index (χ0v) is 14.7. The van der Waals surface area contributed by atoms with Crippen LogP contribution in [0.3, 0.4) is 0 Å². The molecule has 26 heavy (non-hydrogen) atoms. The van der Waals surface area contributed by atoms with E-state index in [2.05, 4.69) is 5.32 Å². The maximum atomic E-state index is 13.0. The van der Waals surface area contributed by atoms with E-state index in [0.29, 0.717) is 26.3 Å². The molecule has 1 fully saturated rings. The first-order valence-corrected chi connectivity index (χ1v) is 8.23. The Labute approximate surface area is 149 Å². The number of amides is 2. The molecule has 1 aromatic rings. The van der Waals surface area contributed by atoms with Crippen LogP contribution in [0.4, 0.5) is 18.9 Å². The summed E-state index contributed by atoms with van der Waals surface area (Å²) in [5, 5.41) is 2.28. The normalized spacial score (nSPS) is 16.5. The topological polar surface area (TPSA) is 61.9 Å². The summed E-state index contributed by atoms with van der Waals surface area (Å²) < 4.78 is 44.1. The van der Waals surface area contributed by atoms with Crippen molar-refractivity contribution in [2.24, 2.45) is 0 Å². The van der Waals surface area contributed by atoms with E-state index in [9.17, 15) is 22.8 Å². The molecule has 1 aliphatic heterocycles. The summed E-state index contributed by atoms with van der Waals surface area (Å²) in [5.74, 6) is -0.759. The van der Waals surface area contributed by atoms with Gasteiger partial charge in [-0.05, 0) is 26.1 Å². The Morgan fingerprint density at radius 3 is 2.50 bits per heavy atom. The average Bonchev–Trinajstić information content (AvgIpc) is 2.60. The Hall–Kier alpha value is -2.13. The van der Waals surface area contributed by atoms with E-state index in [4.69, 9.17) is 4.74 Å². The highest BCUT2D eigenvalue weighted by Gasteiger charge is 2.34. The van der Waals surface area contributed by atoms with Gasteiger partial charge in [0, 0.05) is 13.1 Å². The zero-order chi connectivity index (χ0) is 19.3. The molecule has 0 aromatic heterocycles. The number of para-hydroxylation sites is 1. The first kappa shape index (κ1) is 20.2. The summed E-state index contributed by atoms with van der Waals surface area (Å²) >= 11 is 0. The third kappa shape index (κ3) is 5.18. The van der Waals surface area contributed by atoms with E-state index in [1.54, 1.807) is 18.9 Å². The second-order valence-electron chi connectivity index (χ2n) is 6.12. The van der Waals surface area contributed by atoms with E-state index in [0.717, 1.165) is 6.07 Å². The number of nitrogens with zero attached hydrogens (tertiary/aromatic N) is 2. The molecule has 1 N–H and O–H groups in total. The van der Waals surface area contributed by atoms with Gasteiger partial charge in [0.15, 0.2) is 0 Å². The Kier molecular flexibility index (Phi) is 6.60. The number of morpholine rings is 1. The Balaban J connectivity index is 1.96. The molecule has 1 aliphatic rings. The SMILES string of the molecule is CC(C(=O)N1CCOCC1)N(C)CC(=O)Nc1ccccc1C(F)(F)F. The van der Waals surface area contributed by atoms with Gasteiger partial charge in [-0.1, -0.05) is 12.1 Å². The van der Waals surface area contributed by atoms with Crippen molar-refractivity contribution in [3.05, 3.63) is 29.8 Å². The molecule has 1 atom stereocenters. The molecule has 2 rings (SSSR count). The molecule has 2 amide bonds. The van der Waals surface area contributed by atoms with Gasteiger partial charge in [-0.25, -0.2) is 0 Å². The van der Waals surface area contributed by atoms with Crippen LogP contribution < -0.4 is 5.32 Å². The number of anilines is 1. The summed E-state index contributed by atoms with van der Waals surface area (Å²) in [4.78, 5) is 27.7. The number of benzene rings is 1. The van der Waals surface area contributed by atoms with E-state index in [1.165, 1.54) is 23.1 Å². The number of likely N-dealkylation sites (N-methyl/N-ethyl adjacent to an activating group) is 1. The molecule has 144 valence electrons. The first-order valence-electron chi connectivity index (χ1n) is 8.23. The Morgan fingerprint density at radius 2 is 1.88 bits per heavy atom. The molecule has 0 spiro atoms. The highest BCUT2D eigenvalue weighted by Crippen LogP contribution is 2.34. The van der Waals surface area contributed by atoms with Crippen LogP contribution in [0.25, 0.3) is 0 Å². The van der Waals surface area contributed by atoms with E-state index >= 15 is 0 Å². The van der Waals surface area contributed by atoms with Gasteiger partial charge in [-0.15, -0.1) is 0 Å². The molecule has 1 unspecified atom stereocenters. The maximum absolute atomic E-state index is 13.0. The van der Waals surface area contributed by atoms with Gasteiger partial charge < -0.3 is 15.0 Å². The second-order valence-corrected chi connectivity index (χ2v) is 6.12. The highest BCUT2D eigenvalue weighted by molar-refractivity contribution is 5.93. The summed E-state index contributed by atoms with van der Waals surface area (Å²) in [6.07, 6.45) is -4.56. The van der Waals surface area contributed by atoms with E-state index in [1.807, 2.05) is 0 Å². The highest BCUT2D eigenvalue weighted by atomic mass is 19.4. The molecular formula is C17H22F3N3O3. The Bertz CT molecular complexity index is 646. The largest absolute Gasteiger partial charge is 0.418 e. The lowest BCUT2D eigenvalue weighted by Crippen LogP contribution is -2.50. The van der Waals surface area contributed by atoms with Gasteiger partial charge >= 0.3 is 6.18 Å². The Morgan fingerprint density at radius 1 is 1.27 bits per heavy atom. The molecule has 6 nitrogen and oxygen atoms in total. The monoisotopic (exact) mass is 373 g/mol. The van der Waals surface area contributed by atoms with Crippen LogP contribution in [-0.4, -0.2) is 67.6 Å². The number of nitrogens with one attached hydrogen (secondary N) is 1. The smallest absolute Gasteiger partial charge is 0.378 e. The van der Waals surface area contributed by atoms with Gasteiger partial charge in [0.2, 0.25) is 11.8 Å². The predicted molar refractivity (Wildman–Crippen MR) is 89.6 cm³/mol. The fourth-order valence-corrected chi connectivity index (χ4v) is 2.63.